The Hall–Kier alpha value is -2.88. The second-order valence-electron chi connectivity index (χ2n) is 4.65. The molecule has 0 bridgehead atoms. The molecule has 0 saturated carbocycles. The smallest absolute Gasteiger partial charge is 0.267 e. The molecule has 7 heteroatoms. The standard InChI is InChI=1S/C14H15N5O2/c1-8-5-13(18-21-8)16-14(20)11(7-15)6-12-9(2)17-19(4)10(12)3/h5-6H,1-4H3,(H,16,18,20). The molecule has 0 aliphatic rings. The van der Waals surface area contributed by atoms with Gasteiger partial charge in [-0.1, -0.05) is 5.16 Å². The summed E-state index contributed by atoms with van der Waals surface area (Å²) in [5.74, 6) is 0.318. The lowest BCUT2D eigenvalue weighted by molar-refractivity contribution is -0.112. The third-order valence-electron chi connectivity index (χ3n) is 3.09. The number of anilines is 1. The van der Waals surface area contributed by atoms with Crippen LogP contribution in [-0.2, 0) is 11.8 Å². The lowest BCUT2D eigenvalue weighted by atomic mass is 10.1. The van der Waals surface area contributed by atoms with Gasteiger partial charge in [0.1, 0.15) is 17.4 Å². The third-order valence-corrected chi connectivity index (χ3v) is 3.09. The summed E-state index contributed by atoms with van der Waals surface area (Å²) < 4.78 is 6.56. The van der Waals surface area contributed by atoms with Crippen molar-refractivity contribution in [3.05, 3.63) is 34.4 Å². The number of aromatic nitrogens is 3. The highest BCUT2D eigenvalue weighted by Gasteiger charge is 2.14. The lowest BCUT2D eigenvalue weighted by Crippen LogP contribution is -2.13. The van der Waals surface area contributed by atoms with Crippen LogP contribution in [0.3, 0.4) is 0 Å². The van der Waals surface area contributed by atoms with Crippen molar-refractivity contribution in [3.63, 3.8) is 0 Å². The quantitative estimate of drug-likeness (QED) is 0.686. The Bertz CT molecular complexity index is 761. The summed E-state index contributed by atoms with van der Waals surface area (Å²) in [6, 6.07) is 3.47. The van der Waals surface area contributed by atoms with Crippen molar-refractivity contribution in [2.45, 2.75) is 20.8 Å². The Kier molecular flexibility index (Phi) is 3.89. The Balaban J connectivity index is 2.29. The summed E-state index contributed by atoms with van der Waals surface area (Å²) in [6.45, 7) is 5.42. The molecule has 0 unspecified atom stereocenters. The van der Waals surface area contributed by atoms with Crippen LogP contribution < -0.4 is 5.32 Å². The van der Waals surface area contributed by atoms with Crippen molar-refractivity contribution in [3.8, 4) is 6.07 Å². The molecule has 2 rings (SSSR count). The summed E-state index contributed by atoms with van der Waals surface area (Å²) >= 11 is 0. The van der Waals surface area contributed by atoms with Gasteiger partial charge in [-0.25, -0.2) is 0 Å². The predicted molar refractivity (Wildman–Crippen MR) is 76.1 cm³/mol. The summed E-state index contributed by atoms with van der Waals surface area (Å²) in [6.07, 6.45) is 1.53. The molecule has 1 N–H and O–H groups in total. The molecule has 0 fully saturated rings. The van der Waals surface area contributed by atoms with E-state index in [0.717, 1.165) is 17.0 Å². The van der Waals surface area contributed by atoms with Crippen molar-refractivity contribution in [2.75, 3.05) is 5.32 Å². The minimum absolute atomic E-state index is 0.0187. The maximum atomic E-state index is 12.1. The highest BCUT2D eigenvalue weighted by Crippen LogP contribution is 2.17. The van der Waals surface area contributed by atoms with Crippen LogP contribution in [0.5, 0.6) is 0 Å². The molecule has 2 heterocycles. The van der Waals surface area contributed by atoms with E-state index in [2.05, 4.69) is 15.6 Å². The van der Waals surface area contributed by atoms with Crippen LogP contribution >= 0.6 is 0 Å². The average molecular weight is 285 g/mol. The predicted octanol–water partition coefficient (Wildman–Crippen LogP) is 1.88. The van der Waals surface area contributed by atoms with Crippen molar-refractivity contribution in [2.24, 2.45) is 7.05 Å². The summed E-state index contributed by atoms with van der Waals surface area (Å²) in [7, 11) is 1.81. The zero-order valence-corrected chi connectivity index (χ0v) is 12.3. The van der Waals surface area contributed by atoms with Gasteiger partial charge >= 0.3 is 0 Å². The van der Waals surface area contributed by atoms with Crippen molar-refractivity contribution in [1.82, 2.24) is 14.9 Å². The maximum Gasteiger partial charge on any atom is 0.267 e. The molecular formula is C14H15N5O2. The van der Waals surface area contributed by atoms with Gasteiger partial charge < -0.3 is 9.84 Å². The second-order valence-corrected chi connectivity index (χ2v) is 4.65. The molecular weight excluding hydrogens is 270 g/mol. The monoisotopic (exact) mass is 285 g/mol. The largest absolute Gasteiger partial charge is 0.360 e. The van der Waals surface area contributed by atoms with Gasteiger partial charge in [0, 0.05) is 24.4 Å². The van der Waals surface area contributed by atoms with Crippen molar-refractivity contribution in [1.29, 1.82) is 5.26 Å². The van der Waals surface area contributed by atoms with Crippen LogP contribution in [0.15, 0.2) is 16.2 Å². The molecule has 2 aromatic rings. The van der Waals surface area contributed by atoms with Crippen molar-refractivity contribution < 1.29 is 9.32 Å². The number of carbonyl (C=O) groups excluding carboxylic acids is 1. The molecule has 0 spiro atoms. The van der Waals surface area contributed by atoms with Crippen LogP contribution in [0, 0.1) is 32.1 Å². The van der Waals surface area contributed by atoms with Crippen LogP contribution in [0.1, 0.15) is 22.7 Å². The number of carbonyl (C=O) groups is 1. The number of hydrogen-bond acceptors (Lipinski definition) is 5. The molecule has 0 atom stereocenters. The fourth-order valence-corrected chi connectivity index (χ4v) is 1.90. The minimum atomic E-state index is -0.534. The van der Waals surface area contributed by atoms with E-state index in [1.807, 2.05) is 27.0 Å². The number of hydrogen-bond donors (Lipinski definition) is 1. The molecule has 21 heavy (non-hydrogen) atoms. The summed E-state index contributed by atoms with van der Waals surface area (Å²) in [5.41, 5.74) is 2.38. The first kappa shape index (κ1) is 14.5. The summed E-state index contributed by atoms with van der Waals surface area (Å²) in [4.78, 5) is 12.1. The molecule has 0 aliphatic carbocycles. The van der Waals surface area contributed by atoms with Gasteiger partial charge in [0.25, 0.3) is 5.91 Å². The van der Waals surface area contributed by atoms with E-state index in [1.54, 1.807) is 17.7 Å². The zero-order chi connectivity index (χ0) is 15.6. The highest BCUT2D eigenvalue weighted by atomic mass is 16.5. The Labute approximate surface area is 121 Å². The lowest BCUT2D eigenvalue weighted by Gasteiger charge is -2.00. The number of nitrogens with zero attached hydrogens (tertiary/aromatic N) is 4. The van der Waals surface area contributed by atoms with E-state index in [4.69, 9.17) is 4.52 Å². The molecule has 0 saturated heterocycles. The number of rotatable bonds is 3. The van der Waals surface area contributed by atoms with E-state index >= 15 is 0 Å². The summed E-state index contributed by atoms with van der Waals surface area (Å²) in [5, 5.41) is 19.6. The van der Waals surface area contributed by atoms with E-state index in [-0.39, 0.29) is 11.4 Å². The second kappa shape index (κ2) is 5.63. The molecule has 0 radical (unpaired) electrons. The Morgan fingerprint density at radius 1 is 1.48 bits per heavy atom. The van der Waals surface area contributed by atoms with Gasteiger partial charge in [-0.05, 0) is 26.8 Å². The van der Waals surface area contributed by atoms with Gasteiger partial charge in [0.05, 0.1) is 5.69 Å². The molecule has 1 amide bonds. The van der Waals surface area contributed by atoms with Gasteiger partial charge in [0.15, 0.2) is 5.82 Å². The van der Waals surface area contributed by atoms with Gasteiger partial charge in [-0.2, -0.15) is 10.4 Å². The molecule has 0 aromatic carbocycles. The topological polar surface area (TPSA) is 96.7 Å². The van der Waals surface area contributed by atoms with E-state index < -0.39 is 5.91 Å². The van der Waals surface area contributed by atoms with Crippen molar-refractivity contribution >= 4 is 17.8 Å². The molecule has 0 aliphatic heterocycles. The van der Waals surface area contributed by atoms with Gasteiger partial charge in [-0.15, -0.1) is 0 Å². The SMILES string of the molecule is Cc1cc(NC(=O)C(C#N)=Cc2c(C)nn(C)c2C)no1. The van der Waals surface area contributed by atoms with Crippen LogP contribution in [0.25, 0.3) is 6.08 Å². The number of amides is 1. The Morgan fingerprint density at radius 2 is 2.19 bits per heavy atom. The highest BCUT2D eigenvalue weighted by molar-refractivity contribution is 6.09. The third kappa shape index (κ3) is 3.00. The number of nitriles is 1. The Morgan fingerprint density at radius 3 is 2.67 bits per heavy atom. The molecule has 2 aromatic heterocycles. The van der Waals surface area contributed by atoms with E-state index in [9.17, 15) is 10.1 Å². The minimum Gasteiger partial charge on any atom is -0.360 e. The van der Waals surface area contributed by atoms with Gasteiger partial charge in [0.2, 0.25) is 0 Å². The fraction of sp³-hybridized carbons (Fsp3) is 0.286. The first-order valence-electron chi connectivity index (χ1n) is 6.29. The van der Waals surface area contributed by atoms with E-state index in [1.165, 1.54) is 6.08 Å². The molecule has 108 valence electrons. The van der Waals surface area contributed by atoms with Gasteiger partial charge in [-0.3, -0.25) is 9.48 Å². The first-order chi connectivity index (χ1) is 9.92. The zero-order valence-electron chi connectivity index (χ0n) is 12.3. The average Bonchev–Trinajstić information content (AvgIpc) is 2.93. The number of aryl methyl sites for hydroxylation is 3. The molecule has 7 nitrogen and oxygen atoms in total. The maximum absolute atomic E-state index is 12.1. The first-order valence-corrected chi connectivity index (χ1v) is 6.29. The van der Waals surface area contributed by atoms with Crippen LogP contribution in [0.4, 0.5) is 5.82 Å². The van der Waals surface area contributed by atoms with Crippen LogP contribution in [-0.4, -0.2) is 20.8 Å². The van der Waals surface area contributed by atoms with E-state index in [0.29, 0.717) is 5.76 Å². The fourth-order valence-electron chi connectivity index (χ4n) is 1.90. The van der Waals surface area contributed by atoms with Crippen LogP contribution in [0.2, 0.25) is 0 Å². The normalized spacial score (nSPS) is 11.3. The number of nitrogens with one attached hydrogen (secondary N) is 1.